The molecule has 4 nitrogen and oxygen atoms in total. The molecular formula is C18H15Cl2NO3. The Morgan fingerprint density at radius 1 is 1.12 bits per heavy atom. The van der Waals surface area contributed by atoms with Crippen LogP contribution < -0.4 is 14.8 Å². The van der Waals surface area contributed by atoms with Crippen LogP contribution in [-0.4, -0.2) is 19.1 Å². The van der Waals surface area contributed by atoms with Crippen LogP contribution in [0, 0.1) is 0 Å². The fraction of sp³-hybridized carbons (Fsp3) is 0.278. The Balaban J connectivity index is 1.63. The van der Waals surface area contributed by atoms with Crippen LogP contribution in [0.2, 0.25) is 10.0 Å². The molecule has 2 aliphatic heterocycles. The summed E-state index contributed by atoms with van der Waals surface area (Å²) in [6.45, 7) is 1.28. The molecule has 2 aromatic carbocycles. The first-order valence-electron chi connectivity index (χ1n) is 7.80. The molecule has 24 heavy (non-hydrogen) atoms. The molecule has 0 spiro atoms. The number of fused-ring (bicyclic) bond motifs is 2. The molecule has 0 unspecified atom stereocenters. The Morgan fingerprint density at radius 2 is 1.88 bits per heavy atom. The van der Waals surface area contributed by atoms with Crippen molar-refractivity contribution in [2.75, 3.05) is 18.5 Å². The number of halogens is 2. The van der Waals surface area contributed by atoms with Crippen LogP contribution in [0.1, 0.15) is 16.7 Å². The number of rotatable bonds is 3. The Morgan fingerprint density at radius 3 is 2.67 bits per heavy atom. The van der Waals surface area contributed by atoms with E-state index in [0.29, 0.717) is 28.9 Å². The fourth-order valence-electron chi connectivity index (χ4n) is 3.23. The highest BCUT2D eigenvalue weighted by molar-refractivity contribution is 6.39. The summed E-state index contributed by atoms with van der Waals surface area (Å²) in [5.74, 6) is 1.53. The second-order valence-electron chi connectivity index (χ2n) is 5.84. The van der Waals surface area contributed by atoms with E-state index in [-0.39, 0.29) is 12.3 Å². The summed E-state index contributed by atoms with van der Waals surface area (Å²) in [6, 6.07) is 7.16. The van der Waals surface area contributed by atoms with Gasteiger partial charge in [-0.2, -0.15) is 0 Å². The van der Waals surface area contributed by atoms with Gasteiger partial charge < -0.3 is 14.8 Å². The highest BCUT2D eigenvalue weighted by Gasteiger charge is 2.27. The number of hydrogen-bond acceptors (Lipinski definition) is 3. The summed E-state index contributed by atoms with van der Waals surface area (Å²) in [5, 5.41) is 3.64. The Hall–Kier alpha value is -1.91. The molecule has 0 bridgehead atoms. The molecule has 0 radical (unpaired) electrons. The van der Waals surface area contributed by atoms with E-state index in [2.05, 4.69) is 5.32 Å². The molecule has 0 aromatic heterocycles. The predicted octanol–water partition coefficient (Wildman–Crippen LogP) is 4.04. The maximum absolute atomic E-state index is 12.6. The zero-order chi connectivity index (χ0) is 16.7. The zero-order valence-corrected chi connectivity index (χ0v) is 14.3. The molecule has 4 rings (SSSR count). The minimum atomic E-state index is -0.178. The van der Waals surface area contributed by atoms with Crippen LogP contribution in [0.3, 0.4) is 0 Å². The maximum atomic E-state index is 12.6. The number of benzene rings is 2. The second kappa shape index (κ2) is 6.19. The van der Waals surface area contributed by atoms with Crippen LogP contribution in [-0.2, 0) is 24.1 Å². The van der Waals surface area contributed by atoms with E-state index >= 15 is 0 Å². The van der Waals surface area contributed by atoms with Crippen molar-refractivity contribution in [3.05, 3.63) is 51.0 Å². The van der Waals surface area contributed by atoms with E-state index in [0.717, 1.165) is 41.0 Å². The van der Waals surface area contributed by atoms with Gasteiger partial charge in [0, 0.05) is 29.5 Å². The molecule has 6 heteroatoms. The van der Waals surface area contributed by atoms with Gasteiger partial charge in [0.2, 0.25) is 5.91 Å². The lowest BCUT2D eigenvalue weighted by atomic mass is 9.97. The molecule has 0 fully saturated rings. The quantitative estimate of drug-likeness (QED) is 0.894. The van der Waals surface area contributed by atoms with Gasteiger partial charge in [0.05, 0.1) is 35.4 Å². The normalized spacial score (nSPS) is 14.6. The molecule has 2 aromatic rings. The third kappa shape index (κ3) is 2.70. The third-order valence-electron chi connectivity index (χ3n) is 4.32. The number of ether oxygens (including phenoxy) is 2. The van der Waals surface area contributed by atoms with E-state index in [1.165, 1.54) is 0 Å². The molecule has 1 N–H and O–H groups in total. The summed E-state index contributed by atoms with van der Waals surface area (Å²) in [5.41, 5.74) is 3.52. The Kier molecular flexibility index (Phi) is 4.02. The number of para-hydroxylation sites is 1. The summed E-state index contributed by atoms with van der Waals surface area (Å²) >= 11 is 12.2. The Labute approximate surface area is 149 Å². The summed E-state index contributed by atoms with van der Waals surface area (Å²) < 4.78 is 11.4. The van der Waals surface area contributed by atoms with Crippen molar-refractivity contribution in [3.63, 3.8) is 0 Å². The van der Waals surface area contributed by atoms with Crippen molar-refractivity contribution in [2.24, 2.45) is 0 Å². The summed E-state index contributed by atoms with van der Waals surface area (Å²) in [6.07, 6.45) is 1.84. The SMILES string of the molecule is O=C(Cc1c2c(cc3c1OCC3)OCC2)Nc1c(Cl)cccc1Cl. The van der Waals surface area contributed by atoms with Crippen molar-refractivity contribution < 1.29 is 14.3 Å². The van der Waals surface area contributed by atoms with Gasteiger partial charge in [0.25, 0.3) is 0 Å². The minimum absolute atomic E-state index is 0.178. The third-order valence-corrected chi connectivity index (χ3v) is 4.95. The van der Waals surface area contributed by atoms with Crippen LogP contribution in [0.5, 0.6) is 11.5 Å². The molecule has 2 aliphatic rings. The number of carbonyl (C=O) groups is 1. The van der Waals surface area contributed by atoms with Crippen LogP contribution in [0.15, 0.2) is 24.3 Å². The lowest BCUT2D eigenvalue weighted by Crippen LogP contribution is -2.16. The molecule has 0 saturated heterocycles. The van der Waals surface area contributed by atoms with Crippen LogP contribution in [0.25, 0.3) is 0 Å². The molecular weight excluding hydrogens is 349 g/mol. The summed E-state index contributed by atoms with van der Waals surface area (Å²) in [4.78, 5) is 12.6. The van der Waals surface area contributed by atoms with Crippen molar-refractivity contribution in [3.8, 4) is 11.5 Å². The first kappa shape index (κ1) is 15.6. The molecule has 0 saturated carbocycles. The van der Waals surface area contributed by atoms with E-state index in [4.69, 9.17) is 32.7 Å². The predicted molar refractivity (Wildman–Crippen MR) is 93.6 cm³/mol. The number of amides is 1. The number of hydrogen-bond donors (Lipinski definition) is 1. The van der Waals surface area contributed by atoms with Gasteiger partial charge in [0.15, 0.2) is 0 Å². The van der Waals surface area contributed by atoms with Gasteiger partial charge in [-0.1, -0.05) is 29.3 Å². The highest BCUT2D eigenvalue weighted by Crippen LogP contribution is 2.41. The fourth-order valence-corrected chi connectivity index (χ4v) is 3.73. The number of carbonyl (C=O) groups excluding carboxylic acids is 1. The van der Waals surface area contributed by atoms with Crippen molar-refractivity contribution in [1.29, 1.82) is 0 Å². The van der Waals surface area contributed by atoms with Gasteiger partial charge in [-0.05, 0) is 18.2 Å². The van der Waals surface area contributed by atoms with Crippen molar-refractivity contribution in [1.82, 2.24) is 0 Å². The van der Waals surface area contributed by atoms with Gasteiger partial charge in [-0.25, -0.2) is 0 Å². The van der Waals surface area contributed by atoms with E-state index in [9.17, 15) is 4.79 Å². The standard InChI is InChI=1S/C18H15Cl2NO3/c19-13-2-1-3-14(20)17(13)21-16(22)9-12-11-5-7-23-15(11)8-10-4-6-24-18(10)12/h1-3,8H,4-7,9H2,(H,21,22). The molecule has 2 heterocycles. The van der Waals surface area contributed by atoms with Gasteiger partial charge in [-0.15, -0.1) is 0 Å². The lowest BCUT2D eigenvalue weighted by Gasteiger charge is -2.14. The second-order valence-corrected chi connectivity index (χ2v) is 6.65. The van der Waals surface area contributed by atoms with Gasteiger partial charge in [-0.3, -0.25) is 4.79 Å². The molecule has 1 amide bonds. The number of anilines is 1. The zero-order valence-electron chi connectivity index (χ0n) is 12.8. The molecule has 0 atom stereocenters. The molecule has 0 aliphatic carbocycles. The van der Waals surface area contributed by atoms with Crippen molar-refractivity contribution in [2.45, 2.75) is 19.3 Å². The topological polar surface area (TPSA) is 47.6 Å². The van der Waals surface area contributed by atoms with Gasteiger partial charge >= 0.3 is 0 Å². The summed E-state index contributed by atoms with van der Waals surface area (Å²) in [7, 11) is 0. The largest absolute Gasteiger partial charge is 0.493 e. The van der Waals surface area contributed by atoms with E-state index in [1.807, 2.05) is 6.07 Å². The first-order chi connectivity index (χ1) is 11.6. The maximum Gasteiger partial charge on any atom is 0.229 e. The first-order valence-corrected chi connectivity index (χ1v) is 8.56. The highest BCUT2D eigenvalue weighted by atomic mass is 35.5. The minimum Gasteiger partial charge on any atom is -0.493 e. The van der Waals surface area contributed by atoms with Crippen LogP contribution in [0.4, 0.5) is 5.69 Å². The van der Waals surface area contributed by atoms with E-state index in [1.54, 1.807) is 18.2 Å². The monoisotopic (exact) mass is 363 g/mol. The van der Waals surface area contributed by atoms with Crippen LogP contribution >= 0.6 is 23.2 Å². The smallest absolute Gasteiger partial charge is 0.229 e. The Bertz CT molecular complexity index is 783. The molecule has 124 valence electrons. The average molecular weight is 364 g/mol. The van der Waals surface area contributed by atoms with Crippen molar-refractivity contribution >= 4 is 34.8 Å². The average Bonchev–Trinajstić information content (AvgIpc) is 3.19. The number of nitrogens with one attached hydrogen (secondary N) is 1. The van der Waals surface area contributed by atoms with E-state index < -0.39 is 0 Å². The lowest BCUT2D eigenvalue weighted by molar-refractivity contribution is -0.115. The van der Waals surface area contributed by atoms with Gasteiger partial charge in [0.1, 0.15) is 11.5 Å².